The van der Waals surface area contributed by atoms with E-state index in [1.807, 2.05) is 6.07 Å². The first-order chi connectivity index (χ1) is 11.4. The minimum atomic E-state index is -4.34. The first-order valence-corrected chi connectivity index (χ1v) is 7.96. The molecule has 0 radical (unpaired) electrons. The second-order valence-corrected chi connectivity index (χ2v) is 6.17. The number of carbonyl (C=O) groups excluding carboxylic acids is 1. The van der Waals surface area contributed by atoms with E-state index in [0.29, 0.717) is 0 Å². The smallest absolute Gasteiger partial charge is 0.391 e. The van der Waals surface area contributed by atoms with Gasteiger partial charge in [-0.25, -0.2) is 0 Å². The van der Waals surface area contributed by atoms with Crippen molar-refractivity contribution >= 4 is 5.97 Å². The van der Waals surface area contributed by atoms with Crippen molar-refractivity contribution in [1.29, 1.82) is 0 Å². The van der Waals surface area contributed by atoms with Crippen LogP contribution in [0.4, 0.5) is 13.2 Å². The quantitative estimate of drug-likeness (QED) is 0.788. The molecular weight excluding hydrogens is 325 g/mol. The number of hydrogen-bond acceptors (Lipinski definition) is 4. The van der Waals surface area contributed by atoms with Crippen LogP contribution in [0.5, 0.6) is 0 Å². The maximum absolute atomic E-state index is 13.1. The topological polar surface area (TPSA) is 44.8 Å². The number of esters is 1. The van der Waals surface area contributed by atoms with Gasteiger partial charge in [-0.05, 0) is 18.4 Å². The zero-order valence-electron chi connectivity index (χ0n) is 13.1. The average Bonchev–Trinajstić information content (AvgIpc) is 3.02. The molecule has 1 aromatic rings. The van der Waals surface area contributed by atoms with Crippen LogP contribution in [0.1, 0.15) is 24.8 Å². The normalized spacial score (nSPS) is 26.5. The molecule has 0 N–H and O–H groups in total. The van der Waals surface area contributed by atoms with Crippen LogP contribution < -0.4 is 0 Å². The molecule has 0 unspecified atom stereocenters. The Bertz CT molecular complexity index is 567. The van der Waals surface area contributed by atoms with Crippen LogP contribution in [0, 0.1) is 11.8 Å². The molecule has 1 aromatic carbocycles. The molecular formula is C17H19F3O4. The highest BCUT2D eigenvalue weighted by Crippen LogP contribution is 2.48. The predicted molar refractivity (Wildman–Crippen MR) is 77.8 cm³/mol. The van der Waals surface area contributed by atoms with Gasteiger partial charge in [-0.3, -0.25) is 4.79 Å². The molecule has 132 valence electrons. The van der Waals surface area contributed by atoms with E-state index in [1.165, 1.54) is 0 Å². The number of ether oxygens (including phenoxy) is 3. The zero-order chi connectivity index (χ0) is 17.2. The van der Waals surface area contributed by atoms with E-state index >= 15 is 0 Å². The molecule has 2 atom stereocenters. The largest absolute Gasteiger partial charge is 0.460 e. The molecule has 3 rings (SSSR count). The van der Waals surface area contributed by atoms with Gasteiger partial charge in [0.25, 0.3) is 0 Å². The lowest BCUT2D eigenvalue weighted by Gasteiger charge is -2.41. The van der Waals surface area contributed by atoms with Gasteiger partial charge in [0.1, 0.15) is 12.5 Å². The van der Waals surface area contributed by atoms with Crippen LogP contribution in [-0.4, -0.2) is 31.1 Å². The molecule has 1 aliphatic carbocycles. The monoisotopic (exact) mass is 344 g/mol. The molecule has 2 fully saturated rings. The molecule has 4 nitrogen and oxygen atoms in total. The Morgan fingerprint density at radius 1 is 1.21 bits per heavy atom. The zero-order valence-corrected chi connectivity index (χ0v) is 13.1. The molecule has 24 heavy (non-hydrogen) atoms. The van der Waals surface area contributed by atoms with Gasteiger partial charge in [-0.15, -0.1) is 0 Å². The molecule has 1 heterocycles. The SMILES string of the molecule is O=C(OCc1ccccc1)[C@@H]1C[C@H](C(F)(F)F)CCC12OCCO2. The van der Waals surface area contributed by atoms with Crippen LogP contribution in [-0.2, 0) is 25.6 Å². The summed E-state index contributed by atoms with van der Waals surface area (Å²) in [6, 6.07) is 8.99. The van der Waals surface area contributed by atoms with Gasteiger partial charge >= 0.3 is 12.1 Å². The Kier molecular flexibility index (Phi) is 4.83. The molecule has 0 bridgehead atoms. The third-order valence-corrected chi connectivity index (χ3v) is 4.64. The lowest BCUT2D eigenvalue weighted by Crippen LogP contribution is -2.50. The fourth-order valence-corrected chi connectivity index (χ4v) is 3.35. The summed E-state index contributed by atoms with van der Waals surface area (Å²) in [6.45, 7) is 0.571. The summed E-state index contributed by atoms with van der Waals surface area (Å²) in [5.74, 6) is -4.57. The lowest BCUT2D eigenvalue weighted by molar-refractivity contribution is -0.254. The number of hydrogen-bond donors (Lipinski definition) is 0. The molecule has 7 heteroatoms. The van der Waals surface area contributed by atoms with E-state index < -0.39 is 29.8 Å². The Hall–Kier alpha value is -1.60. The lowest BCUT2D eigenvalue weighted by atomic mass is 9.76. The van der Waals surface area contributed by atoms with E-state index in [9.17, 15) is 18.0 Å². The van der Waals surface area contributed by atoms with Crippen molar-refractivity contribution in [3.05, 3.63) is 35.9 Å². The Morgan fingerprint density at radius 3 is 2.50 bits per heavy atom. The number of halogens is 3. The minimum Gasteiger partial charge on any atom is -0.460 e. The Balaban J connectivity index is 1.71. The standard InChI is InChI=1S/C17H19F3O4/c18-17(19,20)13-6-7-16(23-8-9-24-16)14(10-13)15(21)22-11-12-4-2-1-3-5-12/h1-5,13-14H,6-11H2/t13-,14+/m1/s1. The van der Waals surface area contributed by atoms with Gasteiger partial charge < -0.3 is 14.2 Å². The van der Waals surface area contributed by atoms with Crippen molar-refractivity contribution in [2.75, 3.05) is 13.2 Å². The van der Waals surface area contributed by atoms with Crippen LogP contribution in [0.2, 0.25) is 0 Å². The van der Waals surface area contributed by atoms with E-state index in [-0.39, 0.29) is 39.1 Å². The van der Waals surface area contributed by atoms with Crippen LogP contribution in [0.3, 0.4) is 0 Å². The molecule has 2 aliphatic rings. The number of rotatable bonds is 3. The van der Waals surface area contributed by atoms with Crippen molar-refractivity contribution in [3.8, 4) is 0 Å². The van der Waals surface area contributed by atoms with Gasteiger partial charge in [0.2, 0.25) is 0 Å². The van der Waals surface area contributed by atoms with Crippen molar-refractivity contribution in [2.24, 2.45) is 11.8 Å². The summed E-state index contributed by atoms with van der Waals surface area (Å²) in [5.41, 5.74) is 0.774. The molecule has 0 aromatic heterocycles. The van der Waals surface area contributed by atoms with Gasteiger partial charge in [0, 0.05) is 6.42 Å². The Labute approximate surface area is 137 Å². The first kappa shape index (κ1) is 17.2. The number of alkyl halides is 3. The highest BCUT2D eigenvalue weighted by atomic mass is 19.4. The summed E-state index contributed by atoms with van der Waals surface area (Å²) in [5, 5.41) is 0. The summed E-state index contributed by atoms with van der Waals surface area (Å²) >= 11 is 0. The molecule has 1 saturated heterocycles. The van der Waals surface area contributed by atoms with Gasteiger partial charge in [-0.1, -0.05) is 30.3 Å². The summed E-state index contributed by atoms with van der Waals surface area (Å²) < 4.78 is 55.5. The van der Waals surface area contributed by atoms with Crippen molar-refractivity contribution in [3.63, 3.8) is 0 Å². The van der Waals surface area contributed by atoms with Gasteiger partial charge in [0.15, 0.2) is 5.79 Å². The van der Waals surface area contributed by atoms with Crippen molar-refractivity contribution in [2.45, 2.75) is 37.8 Å². The van der Waals surface area contributed by atoms with E-state index in [0.717, 1.165) is 5.56 Å². The average molecular weight is 344 g/mol. The fraction of sp³-hybridized carbons (Fsp3) is 0.588. The van der Waals surface area contributed by atoms with E-state index in [4.69, 9.17) is 14.2 Å². The van der Waals surface area contributed by atoms with Gasteiger partial charge in [-0.2, -0.15) is 13.2 Å². The maximum Gasteiger partial charge on any atom is 0.391 e. The second-order valence-electron chi connectivity index (χ2n) is 6.17. The van der Waals surface area contributed by atoms with E-state index in [1.54, 1.807) is 24.3 Å². The van der Waals surface area contributed by atoms with Crippen LogP contribution >= 0.6 is 0 Å². The van der Waals surface area contributed by atoms with Crippen molar-refractivity contribution in [1.82, 2.24) is 0 Å². The van der Waals surface area contributed by atoms with Crippen LogP contribution in [0.25, 0.3) is 0 Å². The maximum atomic E-state index is 13.1. The van der Waals surface area contributed by atoms with Crippen molar-refractivity contribution < 1.29 is 32.2 Å². The molecule has 1 aliphatic heterocycles. The second kappa shape index (κ2) is 6.72. The van der Waals surface area contributed by atoms with E-state index in [2.05, 4.69) is 0 Å². The summed E-state index contributed by atoms with van der Waals surface area (Å²) in [4.78, 5) is 12.5. The van der Waals surface area contributed by atoms with Gasteiger partial charge in [0.05, 0.1) is 19.1 Å². The first-order valence-electron chi connectivity index (χ1n) is 7.96. The third kappa shape index (κ3) is 3.57. The molecule has 1 spiro atoms. The third-order valence-electron chi connectivity index (χ3n) is 4.64. The minimum absolute atomic E-state index is 0.0168. The number of carbonyl (C=O) groups is 1. The van der Waals surface area contributed by atoms with Crippen LogP contribution in [0.15, 0.2) is 30.3 Å². The highest BCUT2D eigenvalue weighted by molar-refractivity contribution is 5.74. The summed E-state index contributed by atoms with van der Waals surface area (Å²) in [7, 11) is 0. The predicted octanol–water partition coefficient (Wildman–Crippen LogP) is 3.45. The molecule has 1 saturated carbocycles. The number of benzene rings is 1. The molecule has 0 amide bonds. The fourth-order valence-electron chi connectivity index (χ4n) is 3.35. The summed E-state index contributed by atoms with van der Waals surface area (Å²) in [6.07, 6.45) is -4.76. The Morgan fingerprint density at radius 2 is 1.88 bits per heavy atom. The highest BCUT2D eigenvalue weighted by Gasteiger charge is 2.57.